The Morgan fingerprint density at radius 1 is 1.09 bits per heavy atom. The number of anilines is 2. The standard InChI is InChI=1S/C21H20FN3O6S/c1-13(23-21(27)19-4-3-11-31-19)20(26)24-15-7-10-18(30-2)17(12-15)25-32(28,29)16-8-5-14(22)6-9-16/h3-13,25H,1-2H3,(H,23,27)(H,24,26)/t13-/m1/s1. The van der Waals surface area contributed by atoms with E-state index in [9.17, 15) is 22.4 Å². The van der Waals surface area contributed by atoms with E-state index in [0.717, 1.165) is 24.3 Å². The minimum Gasteiger partial charge on any atom is -0.495 e. The van der Waals surface area contributed by atoms with Crippen molar-refractivity contribution in [3.63, 3.8) is 0 Å². The molecule has 11 heteroatoms. The van der Waals surface area contributed by atoms with Gasteiger partial charge in [-0.2, -0.15) is 0 Å². The third-order valence-corrected chi connectivity index (χ3v) is 5.70. The van der Waals surface area contributed by atoms with Gasteiger partial charge in [0.25, 0.3) is 15.9 Å². The molecule has 2 aromatic carbocycles. The van der Waals surface area contributed by atoms with Crippen LogP contribution >= 0.6 is 0 Å². The first-order valence-corrected chi connectivity index (χ1v) is 10.8. The minimum atomic E-state index is -4.04. The highest BCUT2D eigenvalue weighted by Crippen LogP contribution is 2.30. The quantitative estimate of drug-likeness (QED) is 0.473. The average Bonchev–Trinajstić information content (AvgIpc) is 3.29. The number of furan rings is 1. The van der Waals surface area contributed by atoms with Gasteiger partial charge in [0.05, 0.1) is 24.0 Å². The van der Waals surface area contributed by atoms with E-state index in [1.165, 1.54) is 44.6 Å². The number of hydrogen-bond acceptors (Lipinski definition) is 6. The first-order valence-electron chi connectivity index (χ1n) is 9.31. The molecule has 0 bridgehead atoms. The van der Waals surface area contributed by atoms with Gasteiger partial charge in [-0.1, -0.05) is 0 Å². The predicted octanol–water partition coefficient (Wildman–Crippen LogP) is 2.99. The van der Waals surface area contributed by atoms with Crippen molar-refractivity contribution in [2.75, 3.05) is 17.1 Å². The van der Waals surface area contributed by atoms with Crippen LogP contribution in [0.5, 0.6) is 5.75 Å². The van der Waals surface area contributed by atoms with Crippen molar-refractivity contribution >= 4 is 33.2 Å². The fourth-order valence-corrected chi connectivity index (χ4v) is 3.74. The fourth-order valence-electron chi connectivity index (χ4n) is 2.67. The summed E-state index contributed by atoms with van der Waals surface area (Å²) in [4.78, 5) is 24.3. The molecule has 2 amide bonds. The van der Waals surface area contributed by atoms with Crippen LogP contribution < -0.4 is 20.1 Å². The number of ether oxygens (including phenoxy) is 1. The molecule has 0 aliphatic heterocycles. The summed E-state index contributed by atoms with van der Waals surface area (Å²) in [6.45, 7) is 1.48. The number of hydrogen-bond donors (Lipinski definition) is 3. The Morgan fingerprint density at radius 3 is 2.44 bits per heavy atom. The first-order chi connectivity index (χ1) is 15.2. The van der Waals surface area contributed by atoms with Crippen molar-refractivity contribution < 1.29 is 31.6 Å². The van der Waals surface area contributed by atoms with Crippen LogP contribution in [0.2, 0.25) is 0 Å². The molecule has 1 atom stereocenters. The Hall–Kier alpha value is -3.86. The van der Waals surface area contributed by atoms with Crippen LogP contribution in [0.3, 0.4) is 0 Å². The molecule has 9 nitrogen and oxygen atoms in total. The Kier molecular flexibility index (Phi) is 6.79. The summed E-state index contributed by atoms with van der Waals surface area (Å²) >= 11 is 0. The summed E-state index contributed by atoms with van der Waals surface area (Å²) in [6.07, 6.45) is 1.34. The summed E-state index contributed by atoms with van der Waals surface area (Å²) in [6, 6.07) is 10.7. The van der Waals surface area contributed by atoms with Crippen LogP contribution in [0.25, 0.3) is 0 Å². The molecule has 3 N–H and O–H groups in total. The Labute approximate surface area is 183 Å². The fraction of sp³-hybridized carbons (Fsp3) is 0.143. The average molecular weight is 461 g/mol. The zero-order valence-electron chi connectivity index (χ0n) is 17.1. The van der Waals surface area contributed by atoms with Gasteiger partial charge >= 0.3 is 0 Å². The molecule has 0 spiro atoms. The van der Waals surface area contributed by atoms with E-state index >= 15 is 0 Å². The summed E-state index contributed by atoms with van der Waals surface area (Å²) in [5.74, 6) is -1.40. The van der Waals surface area contributed by atoms with Gasteiger partial charge in [0, 0.05) is 5.69 Å². The maximum Gasteiger partial charge on any atom is 0.287 e. The number of benzene rings is 2. The number of sulfonamides is 1. The van der Waals surface area contributed by atoms with Gasteiger partial charge in [-0.25, -0.2) is 12.8 Å². The molecule has 0 radical (unpaired) electrons. The summed E-state index contributed by atoms with van der Waals surface area (Å²) in [7, 11) is -2.69. The minimum absolute atomic E-state index is 0.0573. The van der Waals surface area contributed by atoms with Gasteiger partial charge in [0.15, 0.2) is 5.76 Å². The molecule has 0 unspecified atom stereocenters. The lowest BCUT2D eigenvalue weighted by atomic mass is 10.2. The maximum absolute atomic E-state index is 13.1. The molecule has 1 aromatic heterocycles. The second-order valence-corrected chi connectivity index (χ2v) is 8.32. The smallest absolute Gasteiger partial charge is 0.287 e. The number of nitrogens with one attached hydrogen (secondary N) is 3. The molecule has 168 valence electrons. The molecule has 1 heterocycles. The van der Waals surface area contributed by atoms with Crippen molar-refractivity contribution in [1.29, 1.82) is 0 Å². The first kappa shape index (κ1) is 22.8. The van der Waals surface area contributed by atoms with E-state index in [1.54, 1.807) is 6.07 Å². The highest BCUT2D eigenvalue weighted by Gasteiger charge is 2.20. The molecular formula is C21H20FN3O6S. The second-order valence-electron chi connectivity index (χ2n) is 6.64. The molecule has 0 saturated heterocycles. The summed E-state index contributed by atoms with van der Waals surface area (Å²) in [5, 5.41) is 5.09. The Bertz CT molecular complexity index is 1210. The highest BCUT2D eigenvalue weighted by molar-refractivity contribution is 7.92. The van der Waals surface area contributed by atoms with E-state index in [2.05, 4.69) is 15.4 Å². The molecule has 0 aliphatic rings. The third-order valence-electron chi connectivity index (χ3n) is 4.32. The van der Waals surface area contributed by atoms with Crippen LogP contribution in [0.4, 0.5) is 15.8 Å². The number of carbonyl (C=O) groups excluding carboxylic acids is 2. The number of methoxy groups -OCH3 is 1. The molecule has 3 aromatic rings. The van der Waals surface area contributed by atoms with E-state index in [-0.39, 0.29) is 27.8 Å². The van der Waals surface area contributed by atoms with Gasteiger partial charge in [0.1, 0.15) is 17.6 Å². The number of amides is 2. The van der Waals surface area contributed by atoms with Gasteiger partial charge in [0.2, 0.25) is 5.91 Å². The Balaban J connectivity index is 1.74. The van der Waals surface area contributed by atoms with Gasteiger partial charge < -0.3 is 19.8 Å². The SMILES string of the molecule is COc1ccc(NC(=O)[C@@H](C)NC(=O)c2ccco2)cc1NS(=O)(=O)c1ccc(F)cc1. The van der Waals surface area contributed by atoms with Crippen molar-refractivity contribution in [2.24, 2.45) is 0 Å². The lowest BCUT2D eigenvalue weighted by Crippen LogP contribution is -2.41. The van der Waals surface area contributed by atoms with Gasteiger partial charge in [-0.15, -0.1) is 0 Å². The molecule has 3 rings (SSSR count). The van der Waals surface area contributed by atoms with Crippen molar-refractivity contribution in [3.05, 3.63) is 72.4 Å². The van der Waals surface area contributed by atoms with E-state index in [1.807, 2.05) is 0 Å². The molecule has 0 saturated carbocycles. The number of rotatable bonds is 8. The Morgan fingerprint density at radius 2 is 1.81 bits per heavy atom. The van der Waals surface area contributed by atoms with Crippen LogP contribution in [-0.4, -0.2) is 33.4 Å². The monoisotopic (exact) mass is 461 g/mol. The van der Waals surface area contributed by atoms with Crippen LogP contribution in [0, 0.1) is 5.82 Å². The molecule has 32 heavy (non-hydrogen) atoms. The van der Waals surface area contributed by atoms with Crippen LogP contribution in [-0.2, 0) is 14.8 Å². The predicted molar refractivity (Wildman–Crippen MR) is 114 cm³/mol. The summed E-state index contributed by atoms with van der Waals surface area (Å²) < 4.78 is 50.9. The topological polar surface area (TPSA) is 127 Å². The van der Waals surface area contributed by atoms with Gasteiger partial charge in [-0.05, 0) is 61.5 Å². The molecule has 0 aliphatic carbocycles. The zero-order chi connectivity index (χ0) is 23.3. The van der Waals surface area contributed by atoms with E-state index in [0.29, 0.717) is 0 Å². The third kappa shape index (κ3) is 5.43. The number of carbonyl (C=O) groups is 2. The van der Waals surface area contributed by atoms with Crippen molar-refractivity contribution in [1.82, 2.24) is 5.32 Å². The number of halogens is 1. The lowest BCUT2D eigenvalue weighted by Gasteiger charge is -2.16. The van der Waals surface area contributed by atoms with Gasteiger partial charge in [-0.3, -0.25) is 14.3 Å². The van der Waals surface area contributed by atoms with Crippen LogP contribution in [0.15, 0.2) is 70.2 Å². The normalized spacial score (nSPS) is 12.0. The second kappa shape index (κ2) is 9.52. The van der Waals surface area contributed by atoms with E-state index < -0.39 is 33.7 Å². The summed E-state index contributed by atoms with van der Waals surface area (Å²) in [5.41, 5.74) is 0.314. The molecular weight excluding hydrogens is 441 g/mol. The lowest BCUT2D eigenvalue weighted by molar-refractivity contribution is -0.117. The van der Waals surface area contributed by atoms with Crippen molar-refractivity contribution in [2.45, 2.75) is 17.9 Å². The maximum atomic E-state index is 13.1. The zero-order valence-corrected chi connectivity index (χ0v) is 17.9. The van der Waals surface area contributed by atoms with Crippen LogP contribution in [0.1, 0.15) is 17.5 Å². The van der Waals surface area contributed by atoms with Crippen molar-refractivity contribution in [3.8, 4) is 5.75 Å². The molecule has 0 fully saturated rings. The van der Waals surface area contributed by atoms with E-state index in [4.69, 9.17) is 9.15 Å². The largest absolute Gasteiger partial charge is 0.495 e. The highest BCUT2D eigenvalue weighted by atomic mass is 32.2.